The van der Waals surface area contributed by atoms with Gasteiger partial charge in [0, 0.05) is 19.3 Å². The highest BCUT2D eigenvalue weighted by Gasteiger charge is 2.19. The highest BCUT2D eigenvalue weighted by atomic mass is 16.6. The van der Waals surface area contributed by atoms with Crippen molar-refractivity contribution in [3.8, 4) is 0 Å². The Kier molecular flexibility index (Phi) is 46.6. The summed E-state index contributed by atoms with van der Waals surface area (Å²) < 4.78 is 16.8. The lowest BCUT2D eigenvalue weighted by Gasteiger charge is -2.18. The van der Waals surface area contributed by atoms with Crippen LogP contribution in [0, 0.1) is 11.8 Å². The van der Waals surface area contributed by atoms with Crippen molar-refractivity contribution in [1.29, 1.82) is 0 Å². The van der Waals surface area contributed by atoms with Gasteiger partial charge in [-0.2, -0.15) is 0 Å². The molecule has 0 bridgehead atoms. The number of esters is 3. The first kappa shape index (κ1) is 59.4. The highest BCUT2D eigenvalue weighted by Crippen LogP contribution is 2.18. The topological polar surface area (TPSA) is 78.9 Å². The van der Waals surface area contributed by atoms with Crippen molar-refractivity contribution in [2.45, 2.75) is 310 Å². The first-order chi connectivity index (χ1) is 29.8. The molecule has 0 heterocycles. The Morgan fingerprint density at radius 2 is 0.574 bits per heavy atom. The van der Waals surface area contributed by atoms with E-state index < -0.39 is 6.10 Å². The summed E-state index contributed by atoms with van der Waals surface area (Å²) >= 11 is 0. The van der Waals surface area contributed by atoms with Crippen LogP contribution < -0.4 is 0 Å². The molecule has 0 aliphatic heterocycles. The Hall–Kier alpha value is -1.59. The summed E-state index contributed by atoms with van der Waals surface area (Å²) in [5.74, 6) is 0.908. The van der Waals surface area contributed by atoms with Crippen molar-refractivity contribution in [2.75, 3.05) is 13.2 Å². The average Bonchev–Trinajstić information content (AvgIpc) is 3.26. The van der Waals surface area contributed by atoms with Gasteiger partial charge in [0.15, 0.2) is 6.10 Å². The number of carbonyl (C=O) groups excluding carboxylic acids is 3. The van der Waals surface area contributed by atoms with E-state index in [2.05, 4.69) is 34.6 Å². The third-order valence-electron chi connectivity index (χ3n) is 13.2. The smallest absolute Gasteiger partial charge is 0.306 e. The second-order valence-corrected chi connectivity index (χ2v) is 19.4. The van der Waals surface area contributed by atoms with Crippen LogP contribution in [0.3, 0.4) is 0 Å². The third kappa shape index (κ3) is 46.2. The predicted octanol–water partition coefficient (Wildman–Crippen LogP) is 17.7. The zero-order valence-corrected chi connectivity index (χ0v) is 41.8. The van der Waals surface area contributed by atoms with Gasteiger partial charge in [0.05, 0.1) is 0 Å². The molecule has 0 aromatic heterocycles. The van der Waals surface area contributed by atoms with E-state index in [-0.39, 0.29) is 31.1 Å². The molecule has 0 saturated heterocycles. The molecule has 0 aromatic rings. The lowest BCUT2D eigenvalue weighted by Crippen LogP contribution is -2.30. The molecule has 3 atom stereocenters. The van der Waals surface area contributed by atoms with E-state index in [0.717, 1.165) is 69.6 Å². The molecule has 0 aromatic carbocycles. The van der Waals surface area contributed by atoms with Crippen LogP contribution in [0.1, 0.15) is 304 Å². The van der Waals surface area contributed by atoms with E-state index in [9.17, 15) is 14.4 Å². The molecule has 61 heavy (non-hydrogen) atoms. The fourth-order valence-corrected chi connectivity index (χ4v) is 8.28. The Labute approximate surface area is 380 Å². The lowest BCUT2D eigenvalue weighted by atomic mass is 9.99. The molecule has 362 valence electrons. The quantitative estimate of drug-likeness (QED) is 0.0344. The molecule has 0 amide bonds. The molecule has 6 nitrogen and oxygen atoms in total. The number of unbranched alkanes of at least 4 members (excludes halogenated alkanes) is 32. The number of hydrogen-bond donors (Lipinski definition) is 0. The fourth-order valence-electron chi connectivity index (χ4n) is 8.28. The fraction of sp³-hybridized carbons (Fsp3) is 0.945. The monoisotopic (exact) mass is 863 g/mol. The Balaban J connectivity index is 4.19. The van der Waals surface area contributed by atoms with Crippen molar-refractivity contribution in [3.63, 3.8) is 0 Å². The van der Waals surface area contributed by atoms with Gasteiger partial charge in [-0.25, -0.2) is 0 Å². The van der Waals surface area contributed by atoms with Crippen LogP contribution in [0.5, 0.6) is 0 Å². The van der Waals surface area contributed by atoms with Crippen LogP contribution in [0.25, 0.3) is 0 Å². The van der Waals surface area contributed by atoms with Gasteiger partial charge in [0.25, 0.3) is 0 Å². The van der Waals surface area contributed by atoms with Gasteiger partial charge >= 0.3 is 17.9 Å². The Morgan fingerprint density at radius 1 is 0.328 bits per heavy atom. The van der Waals surface area contributed by atoms with Crippen molar-refractivity contribution >= 4 is 17.9 Å². The van der Waals surface area contributed by atoms with Gasteiger partial charge in [-0.1, -0.05) is 266 Å². The number of hydrogen-bond acceptors (Lipinski definition) is 6. The minimum atomic E-state index is -0.761. The zero-order chi connectivity index (χ0) is 44.7. The van der Waals surface area contributed by atoms with Gasteiger partial charge in [-0.05, 0) is 31.1 Å². The molecule has 0 aliphatic carbocycles. The maximum absolute atomic E-state index is 12.8. The van der Waals surface area contributed by atoms with Crippen molar-refractivity contribution in [3.05, 3.63) is 0 Å². The summed E-state index contributed by atoms with van der Waals surface area (Å²) in [6, 6.07) is 0. The van der Waals surface area contributed by atoms with Gasteiger partial charge < -0.3 is 14.2 Å². The van der Waals surface area contributed by atoms with E-state index in [1.54, 1.807) is 0 Å². The molecular weight excluding hydrogens is 757 g/mol. The van der Waals surface area contributed by atoms with Crippen LogP contribution in [0.4, 0.5) is 0 Å². The number of carbonyl (C=O) groups is 3. The van der Waals surface area contributed by atoms with E-state index in [1.165, 1.54) is 193 Å². The normalized spacial score (nSPS) is 12.9. The molecular formula is C55H106O6. The summed E-state index contributed by atoms with van der Waals surface area (Å²) in [6.45, 7) is 11.4. The van der Waals surface area contributed by atoms with Crippen molar-refractivity contribution < 1.29 is 28.6 Å². The van der Waals surface area contributed by atoms with Crippen LogP contribution >= 0.6 is 0 Å². The maximum atomic E-state index is 12.8. The summed E-state index contributed by atoms with van der Waals surface area (Å²) in [7, 11) is 0. The SMILES string of the molecule is CCCCCCCCCCCC(=O)OC[C@@H](COC(=O)CCCCCCCCCCC(C)CC)OC(=O)CCCCCCCCCCCCCCCCCCCCC(C)CC. The number of ether oxygens (including phenoxy) is 3. The minimum Gasteiger partial charge on any atom is -0.462 e. The van der Waals surface area contributed by atoms with E-state index in [4.69, 9.17) is 14.2 Å². The average molecular weight is 863 g/mol. The molecule has 6 heteroatoms. The largest absolute Gasteiger partial charge is 0.462 e. The summed E-state index contributed by atoms with van der Waals surface area (Å²) in [6.07, 6.45) is 49.5. The van der Waals surface area contributed by atoms with E-state index in [1.807, 2.05) is 0 Å². The van der Waals surface area contributed by atoms with Gasteiger partial charge in [-0.15, -0.1) is 0 Å². The van der Waals surface area contributed by atoms with E-state index >= 15 is 0 Å². The number of rotatable bonds is 49. The molecule has 2 unspecified atom stereocenters. The Bertz CT molecular complexity index is 935. The second kappa shape index (κ2) is 47.9. The molecule has 0 radical (unpaired) electrons. The molecule has 0 saturated carbocycles. The summed E-state index contributed by atoms with van der Waals surface area (Å²) in [5, 5.41) is 0. The first-order valence-electron chi connectivity index (χ1n) is 27.3. The second-order valence-electron chi connectivity index (χ2n) is 19.4. The molecule has 0 rings (SSSR count). The lowest BCUT2D eigenvalue weighted by molar-refractivity contribution is -0.167. The van der Waals surface area contributed by atoms with Crippen molar-refractivity contribution in [1.82, 2.24) is 0 Å². The predicted molar refractivity (Wildman–Crippen MR) is 261 cm³/mol. The molecule has 0 N–H and O–H groups in total. The van der Waals surface area contributed by atoms with E-state index in [0.29, 0.717) is 19.3 Å². The standard InChI is InChI=1S/C55H106O6/c1-6-9-10-11-12-23-30-35-40-45-53(56)59-48-52(49-60-54(57)46-41-36-31-27-26-29-34-39-44-51(5)8-3)61-55(58)47-42-37-32-25-22-20-18-16-14-13-15-17-19-21-24-28-33-38-43-50(4)7-2/h50-52H,6-49H2,1-5H3/t50?,51?,52-/m0/s1. The third-order valence-corrected chi connectivity index (χ3v) is 13.2. The minimum absolute atomic E-state index is 0.0640. The molecule has 0 aliphatic rings. The van der Waals surface area contributed by atoms with Crippen LogP contribution in [-0.2, 0) is 28.6 Å². The van der Waals surface area contributed by atoms with Gasteiger partial charge in [0.2, 0.25) is 0 Å². The van der Waals surface area contributed by atoms with Crippen LogP contribution in [0.2, 0.25) is 0 Å². The zero-order valence-electron chi connectivity index (χ0n) is 41.8. The molecule has 0 fully saturated rings. The Morgan fingerprint density at radius 3 is 0.852 bits per heavy atom. The maximum Gasteiger partial charge on any atom is 0.306 e. The first-order valence-corrected chi connectivity index (χ1v) is 27.3. The highest BCUT2D eigenvalue weighted by molar-refractivity contribution is 5.71. The molecule has 0 spiro atoms. The van der Waals surface area contributed by atoms with Crippen molar-refractivity contribution in [2.24, 2.45) is 11.8 Å². The van der Waals surface area contributed by atoms with Gasteiger partial charge in [0.1, 0.15) is 13.2 Å². The summed E-state index contributed by atoms with van der Waals surface area (Å²) in [5.41, 5.74) is 0. The van der Waals surface area contributed by atoms with Gasteiger partial charge in [-0.3, -0.25) is 14.4 Å². The van der Waals surface area contributed by atoms with Crippen LogP contribution in [-0.4, -0.2) is 37.2 Å². The van der Waals surface area contributed by atoms with Crippen LogP contribution in [0.15, 0.2) is 0 Å². The summed E-state index contributed by atoms with van der Waals surface area (Å²) in [4.78, 5) is 37.9.